The molecule has 1 N–H and O–H groups in total. The predicted octanol–water partition coefficient (Wildman–Crippen LogP) is 3.35. The van der Waals surface area contributed by atoms with Gasteiger partial charge in [-0.05, 0) is 24.1 Å². The molecule has 0 bridgehead atoms. The second-order valence-electron chi connectivity index (χ2n) is 5.10. The molecule has 0 radical (unpaired) electrons. The Kier molecular flexibility index (Phi) is 3.73. The topological polar surface area (TPSA) is 33.7 Å². The van der Waals surface area contributed by atoms with Crippen LogP contribution in [0.3, 0.4) is 0 Å². The minimum atomic E-state index is 0.534. The van der Waals surface area contributed by atoms with Crippen molar-refractivity contribution in [3.63, 3.8) is 0 Å². The fourth-order valence-electron chi connectivity index (χ4n) is 2.72. The van der Waals surface area contributed by atoms with E-state index in [1.807, 2.05) is 28.8 Å². The van der Waals surface area contributed by atoms with Crippen molar-refractivity contribution in [1.29, 1.82) is 5.41 Å². The van der Waals surface area contributed by atoms with Gasteiger partial charge in [-0.3, -0.25) is 5.41 Å². The fraction of sp³-hybridized carbons (Fsp3) is 0.167. The van der Waals surface area contributed by atoms with Gasteiger partial charge in [-0.15, -0.1) is 6.58 Å². The van der Waals surface area contributed by atoms with Gasteiger partial charge in [0.1, 0.15) is 0 Å². The van der Waals surface area contributed by atoms with Crippen molar-refractivity contribution in [1.82, 2.24) is 9.13 Å². The van der Waals surface area contributed by atoms with E-state index in [0.29, 0.717) is 12.2 Å². The summed E-state index contributed by atoms with van der Waals surface area (Å²) in [6, 6.07) is 18.6. The van der Waals surface area contributed by atoms with Crippen molar-refractivity contribution in [2.24, 2.45) is 0 Å². The Morgan fingerprint density at radius 3 is 2.19 bits per heavy atom. The average Bonchev–Trinajstić information content (AvgIpc) is 2.79. The van der Waals surface area contributed by atoms with Crippen LogP contribution in [0, 0.1) is 5.41 Å². The highest BCUT2D eigenvalue weighted by molar-refractivity contribution is 5.75. The molecule has 3 nitrogen and oxygen atoms in total. The molecule has 1 heterocycles. The molecule has 0 unspecified atom stereocenters. The maximum Gasteiger partial charge on any atom is 0.203 e. The number of para-hydroxylation sites is 2. The Morgan fingerprint density at radius 2 is 1.52 bits per heavy atom. The van der Waals surface area contributed by atoms with Crippen LogP contribution in [0.15, 0.2) is 67.3 Å². The zero-order valence-electron chi connectivity index (χ0n) is 12.0. The zero-order chi connectivity index (χ0) is 14.7. The molecule has 0 saturated carbocycles. The molecule has 106 valence electrons. The van der Waals surface area contributed by atoms with E-state index >= 15 is 0 Å². The first-order chi connectivity index (χ1) is 10.3. The normalized spacial score (nSPS) is 10.9. The second kappa shape index (κ2) is 5.83. The highest BCUT2D eigenvalue weighted by Crippen LogP contribution is 2.13. The minimum absolute atomic E-state index is 0.534. The van der Waals surface area contributed by atoms with Crippen LogP contribution >= 0.6 is 0 Å². The summed E-state index contributed by atoms with van der Waals surface area (Å²) in [6.45, 7) is 5.27. The first-order valence-corrected chi connectivity index (χ1v) is 7.18. The lowest BCUT2D eigenvalue weighted by Crippen LogP contribution is -2.25. The lowest BCUT2D eigenvalue weighted by atomic mass is 10.1. The quantitative estimate of drug-likeness (QED) is 0.694. The van der Waals surface area contributed by atoms with Gasteiger partial charge in [0.25, 0.3) is 0 Å². The highest BCUT2D eigenvalue weighted by Gasteiger charge is 2.09. The zero-order valence-corrected chi connectivity index (χ0v) is 12.0. The summed E-state index contributed by atoms with van der Waals surface area (Å²) in [5.74, 6) is 0. The number of fused-ring (bicyclic) bond motifs is 1. The van der Waals surface area contributed by atoms with Gasteiger partial charge in [-0.1, -0.05) is 48.5 Å². The van der Waals surface area contributed by atoms with Gasteiger partial charge >= 0.3 is 0 Å². The number of imidazole rings is 1. The highest BCUT2D eigenvalue weighted by atomic mass is 15.2. The molecular formula is C18H19N3. The molecule has 0 atom stereocenters. The first kappa shape index (κ1) is 13.4. The van der Waals surface area contributed by atoms with Crippen LogP contribution in [-0.4, -0.2) is 9.13 Å². The number of nitrogens with zero attached hydrogens (tertiary/aromatic N) is 2. The SMILES string of the molecule is C=CCn1c(=N)n(CCc2ccccc2)c2ccccc21. The number of hydrogen-bond donors (Lipinski definition) is 1. The van der Waals surface area contributed by atoms with Crippen LogP contribution in [0.25, 0.3) is 11.0 Å². The molecule has 2 aromatic carbocycles. The van der Waals surface area contributed by atoms with Gasteiger partial charge < -0.3 is 9.13 Å². The molecule has 1 aromatic heterocycles. The number of rotatable bonds is 5. The lowest BCUT2D eigenvalue weighted by Gasteiger charge is -2.04. The van der Waals surface area contributed by atoms with Crippen molar-refractivity contribution in [3.05, 3.63) is 78.4 Å². The van der Waals surface area contributed by atoms with E-state index in [4.69, 9.17) is 5.41 Å². The van der Waals surface area contributed by atoms with Crippen molar-refractivity contribution >= 4 is 11.0 Å². The molecule has 0 aliphatic rings. The number of hydrogen-bond acceptors (Lipinski definition) is 1. The number of nitrogens with one attached hydrogen (secondary N) is 1. The molecule has 0 aliphatic heterocycles. The summed E-state index contributed by atoms with van der Waals surface area (Å²) < 4.78 is 4.07. The monoisotopic (exact) mass is 277 g/mol. The molecule has 3 aromatic rings. The third-order valence-corrected chi connectivity index (χ3v) is 3.75. The molecule has 3 rings (SSSR count). The molecule has 0 saturated heterocycles. The van der Waals surface area contributed by atoms with Gasteiger partial charge in [-0.25, -0.2) is 0 Å². The third kappa shape index (κ3) is 2.55. The average molecular weight is 277 g/mol. The van der Waals surface area contributed by atoms with E-state index in [1.165, 1.54) is 5.56 Å². The summed E-state index contributed by atoms with van der Waals surface area (Å²) in [4.78, 5) is 0. The minimum Gasteiger partial charge on any atom is -0.310 e. The first-order valence-electron chi connectivity index (χ1n) is 7.18. The van der Waals surface area contributed by atoms with Crippen molar-refractivity contribution in [2.75, 3.05) is 0 Å². The number of allylic oxidation sites excluding steroid dienone is 1. The molecular weight excluding hydrogens is 258 g/mol. The van der Waals surface area contributed by atoms with Crippen molar-refractivity contribution in [2.45, 2.75) is 19.5 Å². The Balaban J connectivity index is 2.00. The predicted molar refractivity (Wildman–Crippen MR) is 86.1 cm³/mol. The van der Waals surface area contributed by atoms with E-state index in [9.17, 15) is 0 Å². The van der Waals surface area contributed by atoms with Crippen molar-refractivity contribution < 1.29 is 0 Å². The van der Waals surface area contributed by atoms with Crippen LogP contribution in [0.2, 0.25) is 0 Å². The number of benzene rings is 2. The Morgan fingerprint density at radius 1 is 0.905 bits per heavy atom. The molecule has 0 fully saturated rings. The Hall–Kier alpha value is -2.55. The van der Waals surface area contributed by atoms with E-state index in [0.717, 1.165) is 24.0 Å². The molecule has 3 heteroatoms. The molecule has 0 spiro atoms. The van der Waals surface area contributed by atoms with Crippen LogP contribution in [0.4, 0.5) is 0 Å². The van der Waals surface area contributed by atoms with E-state index < -0.39 is 0 Å². The van der Waals surface area contributed by atoms with Gasteiger partial charge in [0, 0.05) is 13.1 Å². The molecule has 0 amide bonds. The summed E-state index contributed by atoms with van der Waals surface area (Å²) in [5.41, 5.74) is 4.03. The van der Waals surface area contributed by atoms with Crippen LogP contribution in [-0.2, 0) is 19.5 Å². The van der Waals surface area contributed by atoms with Gasteiger partial charge in [-0.2, -0.15) is 0 Å². The van der Waals surface area contributed by atoms with Gasteiger partial charge in [0.2, 0.25) is 5.62 Å². The van der Waals surface area contributed by atoms with Crippen LogP contribution < -0.4 is 5.62 Å². The maximum absolute atomic E-state index is 8.42. The largest absolute Gasteiger partial charge is 0.310 e. The fourth-order valence-corrected chi connectivity index (χ4v) is 2.72. The maximum atomic E-state index is 8.42. The summed E-state index contributed by atoms with van der Waals surface area (Å²) in [6.07, 6.45) is 2.77. The standard InChI is InChI=1S/C18H19N3/c1-2-13-20-16-10-6-7-11-17(16)21(18(20)19)14-12-15-8-4-3-5-9-15/h2-11,19H,1,12-14H2. The number of aryl methyl sites for hydroxylation is 2. The van der Waals surface area contributed by atoms with Crippen LogP contribution in [0.5, 0.6) is 0 Å². The lowest BCUT2D eigenvalue weighted by molar-refractivity contribution is 0.625. The van der Waals surface area contributed by atoms with Crippen molar-refractivity contribution in [3.8, 4) is 0 Å². The van der Waals surface area contributed by atoms with Crippen LogP contribution in [0.1, 0.15) is 5.56 Å². The third-order valence-electron chi connectivity index (χ3n) is 3.75. The smallest absolute Gasteiger partial charge is 0.203 e. The van der Waals surface area contributed by atoms with Gasteiger partial charge in [0.05, 0.1) is 11.0 Å². The van der Waals surface area contributed by atoms with E-state index in [1.54, 1.807) is 0 Å². The summed E-state index contributed by atoms with van der Waals surface area (Å²) in [7, 11) is 0. The van der Waals surface area contributed by atoms with Gasteiger partial charge in [0.15, 0.2) is 0 Å². The Bertz CT molecular complexity index is 809. The number of aromatic nitrogens is 2. The Labute approximate surface area is 124 Å². The molecule has 0 aliphatic carbocycles. The second-order valence-corrected chi connectivity index (χ2v) is 5.10. The summed E-state index contributed by atoms with van der Waals surface area (Å²) in [5, 5.41) is 8.42. The molecule has 21 heavy (non-hydrogen) atoms. The van der Waals surface area contributed by atoms with E-state index in [-0.39, 0.29) is 0 Å². The van der Waals surface area contributed by atoms with E-state index in [2.05, 4.69) is 47.5 Å². The summed E-state index contributed by atoms with van der Waals surface area (Å²) >= 11 is 0.